The molecule has 1 atom stereocenters. The summed E-state index contributed by atoms with van der Waals surface area (Å²) in [5, 5.41) is 9.74. The zero-order chi connectivity index (χ0) is 11.4. The van der Waals surface area contributed by atoms with E-state index in [-0.39, 0.29) is 0 Å². The molecule has 0 saturated heterocycles. The second-order valence-electron chi connectivity index (χ2n) is 3.13. The number of nitrogens with two attached hydrogens (primary N) is 2. The molecule has 84 valence electrons. The Hall–Kier alpha value is -1.30. The number of aliphatic hydroxyl groups is 1. The lowest BCUT2D eigenvalue weighted by molar-refractivity contribution is 0.144. The van der Waals surface area contributed by atoms with Gasteiger partial charge in [0.2, 0.25) is 0 Å². The van der Waals surface area contributed by atoms with Crippen LogP contribution in [0.4, 0.5) is 0 Å². The maximum Gasteiger partial charge on any atom is 0.125 e. The highest BCUT2D eigenvalue weighted by atomic mass is 16.5. The third kappa shape index (κ3) is 2.59. The number of methoxy groups -OCH3 is 2. The third-order valence-electron chi connectivity index (χ3n) is 2.12. The van der Waals surface area contributed by atoms with Crippen molar-refractivity contribution in [3.05, 3.63) is 23.8 Å². The van der Waals surface area contributed by atoms with E-state index in [1.54, 1.807) is 25.3 Å². The summed E-state index contributed by atoms with van der Waals surface area (Å²) in [7, 11) is 3.06. The molecule has 5 heteroatoms. The van der Waals surface area contributed by atoms with Gasteiger partial charge in [-0.15, -0.1) is 0 Å². The summed E-state index contributed by atoms with van der Waals surface area (Å²) in [5.74, 6) is 1.15. The maximum absolute atomic E-state index is 9.74. The number of benzene rings is 1. The number of hydrogen-bond acceptors (Lipinski definition) is 5. The monoisotopic (exact) mass is 212 g/mol. The molecule has 5 nitrogen and oxygen atoms in total. The van der Waals surface area contributed by atoms with Gasteiger partial charge < -0.3 is 26.0 Å². The lowest BCUT2D eigenvalue weighted by atomic mass is 10.1. The molecule has 15 heavy (non-hydrogen) atoms. The van der Waals surface area contributed by atoms with E-state index in [4.69, 9.17) is 20.9 Å². The summed E-state index contributed by atoms with van der Waals surface area (Å²) in [6.45, 7) is 0. The van der Waals surface area contributed by atoms with Gasteiger partial charge in [-0.3, -0.25) is 0 Å². The lowest BCUT2D eigenvalue weighted by Gasteiger charge is -2.18. The highest BCUT2D eigenvalue weighted by Gasteiger charge is 2.18. The topological polar surface area (TPSA) is 90.7 Å². The molecule has 0 spiro atoms. The van der Waals surface area contributed by atoms with Crippen molar-refractivity contribution in [2.75, 3.05) is 14.2 Å². The van der Waals surface area contributed by atoms with Crippen LogP contribution in [0.15, 0.2) is 18.2 Å². The van der Waals surface area contributed by atoms with Crippen LogP contribution in [-0.2, 0) is 0 Å². The Morgan fingerprint density at radius 2 is 1.87 bits per heavy atom. The first kappa shape index (κ1) is 11.8. The molecule has 1 aromatic carbocycles. The Kier molecular flexibility index (Phi) is 3.90. The van der Waals surface area contributed by atoms with Crippen LogP contribution in [-0.4, -0.2) is 25.5 Å². The van der Waals surface area contributed by atoms with Crippen LogP contribution in [0, 0.1) is 0 Å². The van der Waals surface area contributed by atoms with E-state index in [2.05, 4.69) is 0 Å². The summed E-state index contributed by atoms with van der Waals surface area (Å²) < 4.78 is 10.1. The highest BCUT2D eigenvalue weighted by molar-refractivity contribution is 5.42. The minimum atomic E-state index is -0.977. The predicted molar refractivity (Wildman–Crippen MR) is 56.7 cm³/mol. The van der Waals surface area contributed by atoms with Gasteiger partial charge >= 0.3 is 0 Å². The zero-order valence-corrected chi connectivity index (χ0v) is 8.81. The van der Waals surface area contributed by atoms with Gasteiger partial charge in [0, 0.05) is 5.56 Å². The number of aliphatic hydroxyl groups excluding tert-OH is 1. The van der Waals surface area contributed by atoms with E-state index in [9.17, 15) is 5.11 Å². The standard InChI is InChI=1S/C10H16N2O3/c1-14-6-3-4-8(15-2)7(5-6)9(13)10(11)12/h3-5,9-10,13H,11-12H2,1-2H3. The fourth-order valence-electron chi connectivity index (χ4n) is 1.28. The Labute approximate surface area is 88.6 Å². The van der Waals surface area contributed by atoms with E-state index in [1.165, 1.54) is 7.11 Å². The van der Waals surface area contributed by atoms with Gasteiger partial charge in [-0.25, -0.2) is 0 Å². The number of ether oxygens (including phenoxy) is 2. The molecule has 0 aliphatic heterocycles. The normalized spacial score (nSPS) is 12.7. The summed E-state index contributed by atoms with van der Waals surface area (Å²) in [5.41, 5.74) is 11.3. The second kappa shape index (κ2) is 4.97. The average molecular weight is 212 g/mol. The quantitative estimate of drug-likeness (QED) is 0.610. The van der Waals surface area contributed by atoms with Crippen molar-refractivity contribution in [3.63, 3.8) is 0 Å². The molecule has 0 saturated carbocycles. The highest BCUT2D eigenvalue weighted by Crippen LogP contribution is 2.29. The van der Waals surface area contributed by atoms with Crippen LogP contribution < -0.4 is 20.9 Å². The van der Waals surface area contributed by atoms with Crippen LogP contribution >= 0.6 is 0 Å². The molecule has 1 unspecified atom stereocenters. The first-order valence-corrected chi connectivity index (χ1v) is 4.51. The fraction of sp³-hybridized carbons (Fsp3) is 0.400. The van der Waals surface area contributed by atoms with E-state index < -0.39 is 12.3 Å². The molecule has 0 bridgehead atoms. The molecule has 0 radical (unpaired) electrons. The minimum Gasteiger partial charge on any atom is -0.497 e. The van der Waals surface area contributed by atoms with Crippen molar-refractivity contribution in [1.82, 2.24) is 0 Å². The summed E-state index contributed by atoms with van der Waals surface area (Å²) in [4.78, 5) is 0. The average Bonchev–Trinajstić information content (AvgIpc) is 2.27. The van der Waals surface area contributed by atoms with Crippen molar-refractivity contribution >= 4 is 0 Å². The smallest absolute Gasteiger partial charge is 0.125 e. The second-order valence-corrected chi connectivity index (χ2v) is 3.13. The Morgan fingerprint density at radius 1 is 1.20 bits per heavy atom. The molecule has 5 N–H and O–H groups in total. The van der Waals surface area contributed by atoms with E-state index in [0.29, 0.717) is 17.1 Å². The largest absolute Gasteiger partial charge is 0.497 e. The maximum atomic E-state index is 9.74. The molecule has 0 aliphatic rings. The van der Waals surface area contributed by atoms with Gasteiger partial charge in [0.05, 0.1) is 20.4 Å². The van der Waals surface area contributed by atoms with Crippen LogP contribution in [0.5, 0.6) is 11.5 Å². The summed E-state index contributed by atoms with van der Waals surface area (Å²) >= 11 is 0. The van der Waals surface area contributed by atoms with E-state index in [1.807, 2.05) is 0 Å². The first-order valence-electron chi connectivity index (χ1n) is 4.51. The van der Waals surface area contributed by atoms with Gasteiger partial charge in [-0.05, 0) is 18.2 Å². The van der Waals surface area contributed by atoms with Crippen LogP contribution in [0.25, 0.3) is 0 Å². The molecule has 0 aliphatic carbocycles. The van der Waals surface area contributed by atoms with Crippen molar-refractivity contribution < 1.29 is 14.6 Å². The van der Waals surface area contributed by atoms with Crippen LogP contribution in [0.3, 0.4) is 0 Å². The van der Waals surface area contributed by atoms with Gasteiger partial charge in [0.15, 0.2) is 0 Å². The molecule has 0 heterocycles. The molecular formula is C10H16N2O3. The minimum absolute atomic E-state index is 0.520. The summed E-state index contributed by atoms with van der Waals surface area (Å²) in [6.07, 6.45) is -1.83. The third-order valence-corrected chi connectivity index (χ3v) is 2.12. The predicted octanol–water partition coefficient (Wildman–Crippen LogP) is -0.0193. The van der Waals surface area contributed by atoms with Crippen molar-refractivity contribution in [2.45, 2.75) is 12.3 Å². The van der Waals surface area contributed by atoms with Gasteiger partial charge in [0.25, 0.3) is 0 Å². The number of rotatable bonds is 4. The van der Waals surface area contributed by atoms with Crippen LogP contribution in [0.2, 0.25) is 0 Å². The van der Waals surface area contributed by atoms with Crippen molar-refractivity contribution in [3.8, 4) is 11.5 Å². The molecule has 0 fully saturated rings. The van der Waals surface area contributed by atoms with Crippen molar-refractivity contribution in [1.29, 1.82) is 0 Å². The Morgan fingerprint density at radius 3 is 2.33 bits per heavy atom. The SMILES string of the molecule is COc1ccc(OC)c(C(O)C(N)N)c1. The van der Waals surface area contributed by atoms with E-state index >= 15 is 0 Å². The first-order chi connectivity index (χ1) is 7.10. The molecule has 0 aromatic heterocycles. The summed E-state index contributed by atoms with van der Waals surface area (Å²) in [6, 6.07) is 5.08. The van der Waals surface area contributed by atoms with E-state index in [0.717, 1.165) is 0 Å². The van der Waals surface area contributed by atoms with Crippen LogP contribution in [0.1, 0.15) is 11.7 Å². The lowest BCUT2D eigenvalue weighted by Crippen LogP contribution is -2.37. The fourth-order valence-corrected chi connectivity index (χ4v) is 1.28. The number of hydrogen-bond donors (Lipinski definition) is 3. The molecule has 1 rings (SSSR count). The zero-order valence-electron chi connectivity index (χ0n) is 8.81. The molecular weight excluding hydrogens is 196 g/mol. The Bertz CT molecular complexity index is 328. The molecule has 0 amide bonds. The van der Waals surface area contributed by atoms with Gasteiger partial charge in [-0.1, -0.05) is 0 Å². The van der Waals surface area contributed by atoms with Gasteiger partial charge in [-0.2, -0.15) is 0 Å². The van der Waals surface area contributed by atoms with Crippen molar-refractivity contribution in [2.24, 2.45) is 11.5 Å². The Balaban J connectivity index is 3.11. The van der Waals surface area contributed by atoms with Gasteiger partial charge in [0.1, 0.15) is 17.6 Å². The molecule has 1 aromatic rings.